The molecule has 2 N–H and O–H groups in total. The molecule has 3 atom stereocenters. The van der Waals surface area contributed by atoms with Crippen molar-refractivity contribution in [3.63, 3.8) is 0 Å². The van der Waals surface area contributed by atoms with E-state index >= 15 is 0 Å². The molecule has 0 aliphatic heterocycles. The first kappa shape index (κ1) is 16.3. The summed E-state index contributed by atoms with van der Waals surface area (Å²) in [6, 6.07) is 7.95. The topological polar surface area (TPSA) is 69.6 Å². The summed E-state index contributed by atoms with van der Waals surface area (Å²) in [7, 11) is 1.63. The Morgan fingerprint density at radius 2 is 2.09 bits per heavy atom. The summed E-state index contributed by atoms with van der Waals surface area (Å²) in [6.07, 6.45) is 2.08. The number of nitrogens with one attached hydrogen (secondary N) is 1. The SMILES string of the molecule is CC(CN(C)C(=O)NC1c2ccccc2CCC1C)C(=O)O. The molecule has 0 bridgehead atoms. The number of carbonyl (C=O) groups excluding carboxylic acids is 1. The lowest BCUT2D eigenvalue weighted by Crippen LogP contribution is -2.44. The summed E-state index contributed by atoms with van der Waals surface area (Å²) < 4.78 is 0. The van der Waals surface area contributed by atoms with E-state index in [1.165, 1.54) is 16.0 Å². The second-order valence-corrected chi connectivity index (χ2v) is 6.26. The fourth-order valence-corrected chi connectivity index (χ4v) is 2.96. The van der Waals surface area contributed by atoms with Crippen LogP contribution < -0.4 is 5.32 Å². The van der Waals surface area contributed by atoms with Crippen molar-refractivity contribution in [2.45, 2.75) is 32.7 Å². The van der Waals surface area contributed by atoms with Crippen LogP contribution >= 0.6 is 0 Å². The molecule has 0 fully saturated rings. The fraction of sp³-hybridized carbons (Fsp3) is 0.529. The predicted molar refractivity (Wildman–Crippen MR) is 84.6 cm³/mol. The van der Waals surface area contributed by atoms with Gasteiger partial charge in [0.2, 0.25) is 0 Å². The Bertz CT molecular complexity index is 559. The van der Waals surface area contributed by atoms with Crippen LogP contribution in [0.5, 0.6) is 0 Å². The zero-order chi connectivity index (χ0) is 16.3. The zero-order valence-electron chi connectivity index (χ0n) is 13.4. The standard InChI is InChI=1S/C17H24N2O3/c1-11-8-9-13-6-4-5-7-14(13)15(11)18-17(22)19(3)10-12(2)16(20)21/h4-7,11-12,15H,8-10H2,1-3H3,(H,18,22)(H,20,21). The van der Waals surface area contributed by atoms with Gasteiger partial charge in [-0.1, -0.05) is 38.1 Å². The summed E-state index contributed by atoms with van der Waals surface area (Å²) in [4.78, 5) is 24.7. The van der Waals surface area contributed by atoms with Crippen molar-refractivity contribution >= 4 is 12.0 Å². The summed E-state index contributed by atoms with van der Waals surface area (Å²) >= 11 is 0. The molecule has 0 radical (unpaired) electrons. The van der Waals surface area contributed by atoms with Crippen LogP contribution in [0.2, 0.25) is 0 Å². The number of carbonyl (C=O) groups is 2. The van der Waals surface area contributed by atoms with Crippen LogP contribution in [0.3, 0.4) is 0 Å². The zero-order valence-corrected chi connectivity index (χ0v) is 13.4. The summed E-state index contributed by atoms with van der Waals surface area (Å²) in [5.41, 5.74) is 2.46. The number of benzene rings is 1. The highest BCUT2D eigenvalue weighted by molar-refractivity contribution is 5.76. The minimum atomic E-state index is -0.893. The number of fused-ring (bicyclic) bond motifs is 1. The van der Waals surface area contributed by atoms with Gasteiger partial charge in [-0.05, 0) is 29.9 Å². The molecule has 22 heavy (non-hydrogen) atoms. The van der Waals surface area contributed by atoms with Crippen molar-refractivity contribution in [3.05, 3.63) is 35.4 Å². The average molecular weight is 304 g/mol. The van der Waals surface area contributed by atoms with Crippen LogP contribution in [-0.4, -0.2) is 35.6 Å². The van der Waals surface area contributed by atoms with Crippen LogP contribution in [0, 0.1) is 11.8 Å². The molecule has 1 aromatic carbocycles. The normalized spacial score (nSPS) is 21.6. The molecule has 2 amide bonds. The molecule has 5 heteroatoms. The molecular weight excluding hydrogens is 280 g/mol. The van der Waals surface area contributed by atoms with Gasteiger partial charge < -0.3 is 15.3 Å². The van der Waals surface area contributed by atoms with Crippen LogP contribution in [0.15, 0.2) is 24.3 Å². The maximum absolute atomic E-state index is 12.3. The Labute approximate surface area is 131 Å². The molecule has 3 unspecified atom stereocenters. The molecule has 5 nitrogen and oxygen atoms in total. The number of hydrogen-bond acceptors (Lipinski definition) is 2. The Kier molecular flexibility index (Phi) is 5.06. The second kappa shape index (κ2) is 6.81. The highest BCUT2D eigenvalue weighted by Gasteiger charge is 2.28. The largest absolute Gasteiger partial charge is 0.481 e. The van der Waals surface area contributed by atoms with E-state index in [1.54, 1.807) is 14.0 Å². The van der Waals surface area contributed by atoms with Gasteiger partial charge in [0.25, 0.3) is 0 Å². The average Bonchev–Trinajstić information content (AvgIpc) is 2.49. The summed E-state index contributed by atoms with van der Waals surface area (Å²) in [5, 5.41) is 12.0. The predicted octanol–water partition coefficient (Wildman–Crippen LogP) is 2.67. The van der Waals surface area contributed by atoms with Crippen LogP contribution in [0.25, 0.3) is 0 Å². The van der Waals surface area contributed by atoms with Gasteiger partial charge >= 0.3 is 12.0 Å². The molecule has 0 spiro atoms. The van der Waals surface area contributed by atoms with E-state index in [2.05, 4.69) is 24.4 Å². The summed E-state index contributed by atoms with van der Waals surface area (Å²) in [5.74, 6) is -1.10. The number of rotatable bonds is 4. The third-order valence-electron chi connectivity index (χ3n) is 4.42. The lowest BCUT2D eigenvalue weighted by molar-refractivity contribution is -0.141. The Morgan fingerprint density at radius 3 is 2.77 bits per heavy atom. The lowest BCUT2D eigenvalue weighted by Gasteiger charge is -2.33. The molecule has 0 heterocycles. The molecule has 1 aliphatic carbocycles. The van der Waals surface area contributed by atoms with Crippen molar-refractivity contribution < 1.29 is 14.7 Å². The molecular formula is C17H24N2O3. The van der Waals surface area contributed by atoms with Gasteiger partial charge in [0.15, 0.2) is 0 Å². The van der Waals surface area contributed by atoms with Gasteiger partial charge in [-0.2, -0.15) is 0 Å². The molecule has 0 saturated carbocycles. The fourth-order valence-electron chi connectivity index (χ4n) is 2.96. The van der Waals surface area contributed by atoms with Crippen molar-refractivity contribution in [3.8, 4) is 0 Å². The molecule has 120 valence electrons. The minimum Gasteiger partial charge on any atom is -0.481 e. The number of aryl methyl sites for hydroxylation is 1. The highest BCUT2D eigenvalue weighted by atomic mass is 16.4. The monoisotopic (exact) mass is 304 g/mol. The third kappa shape index (κ3) is 3.59. The number of carboxylic acid groups (broad SMARTS) is 1. The molecule has 0 saturated heterocycles. The second-order valence-electron chi connectivity index (χ2n) is 6.26. The Hall–Kier alpha value is -2.04. The van der Waals surface area contributed by atoms with E-state index in [0.717, 1.165) is 12.8 Å². The van der Waals surface area contributed by atoms with E-state index in [-0.39, 0.29) is 18.6 Å². The van der Waals surface area contributed by atoms with Crippen molar-refractivity contribution in [1.82, 2.24) is 10.2 Å². The lowest BCUT2D eigenvalue weighted by atomic mass is 9.81. The van der Waals surface area contributed by atoms with E-state index < -0.39 is 11.9 Å². The summed E-state index contributed by atoms with van der Waals surface area (Å²) in [6.45, 7) is 3.94. The van der Waals surface area contributed by atoms with Gasteiger partial charge in [0.05, 0.1) is 12.0 Å². The number of amides is 2. The maximum atomic E-state index is 12.3. The van der Waals surface area contributed by atoms with E-state index in [9.17, 15) is 9.59 Å². The number of carboxylic acids is 1. The number of urea groups is 1. The number of aliphatic carboxylic acids is 1. The molecule has 0 aromatic heterocycles. The van der Waals surface area contributed by atoms with E-state index in [1.807, 2.05) is 12.1 Å². The van der Waals surface area contributed by atoms with Crippen molar-refractivity contribution in [1.29, 1.82) is 0 Å². The Morgan fingerprint density at radius 1 is 1.41 bits per heavy atom. The number of hydrogen-bond donors (Lipinski definition) is 2. The van der Waals surface area contributed by atoms with Gasteiger partial charge in [-0.3, -0.25) is 4.79 Å². The number of nitrogens with zero attached hydrogens (tertiary/aromatic N) is 1. The smallest absolute Gasteiger partial charge is 0.317 e. The van der Waals surface area contributed by atoms with Gasteiger partial charge in [0.1, 0.15) is 0 Å². The van der Waals surface area contributed by atoms with Gasteiger partial charge in [0, 0.05) is 13.6 Å². The van der Waals surface area contributed by atoms with Crippen LogP contribution in [0.1, 0.15) is 37.4 Å². The van der Waals surface area contributed by atoms with Crippen LogP contribution in [0.4, 0.5) is 4.79 Å². The molecule has 1 aliphatic rings. The third-order valence-corrected chi connectivity index (χ3v) is 4.42. The van der Waals surface area contributed by atoms with Crippen molar-refractivity contribution in [2.75, 3.05) is 13.6 Å². The Balaban J connectivity index is 2.06. The minimum absolute atomic E-state index is 0.0139. The molecule has 2 rings (SSSR count). The first-order chi connectivity index (χ1) is 10.4. The first-order valence-electron chi connectivity index (χ1n) is 7.72. The van der Waals surface area contributed by atoms with E-state index in [4.69, 9.17) is 5.11 Å². The molecule has 1 aromatic rings. The van der Waals surface area contributed by atoms with Gasteiger partial charge in [-0.25, -0.2) is 4.79 Å². The first-order valence-corrected chi connectivity index (χ1v) is 7.72. The van der Waals surface area contributed by atoms with Crippen molar-refractivity contribution in [2.24, 2.45) is 11.8 Å². The maximum Gasteiger partial charge on any atom is 0.317 e. The van der Waals surface area contributed by atoms with Crippen LogP contribution in [-0.2, 0) is 11.2 Å². The highest BCUT2D eigenvalue weighted by Crippen LogP contribution is 2.34. The van der Waals surface area contributed by atoms with E-state index in [0.29, 0.717) is 5.92 Å². The quantitative estimate of drug-likeness (QED) is 0.898. The van der Waals surface area contributed by atoms with Gasteiger partial charge in [-0.15, -0.1) is 0 Å².